The van der Waals surface area contributed by atoms with E-state index >= 15 is 0 Å². The summed E-state index contributed by atoms with van der Waals surface area (Å²) in [5, 5.41) is 75.4. The third-order valence-electron chi connectivity index (χ3n) is 4.76. The van der Waals surface area contributed by atoms with Gasteiger partial charge in [0.25, 0.3) is 53.5 Å². The van der Waals surface area contributed by atoms with Gasteiger partial charge in [-0.1, -0.05) is 0 Å². The summed E-state index contributed by atoms with van der Waals surface area (Å²) >= 11 is 0. The molecule has 0 unspecified atom stereocenters. The number of nitrogen functional groups attached to an aromatic ring is 2. The van der Waals surface area contributed by atoms with Crippen molar-refractivity contribution in [3.8, 4) is 11.9 Å². The summed E-state index contributed by atoms with van der Waals surface area (Å²) < 4.78 is 2.07. The highest BCUT2D eigenvalue weighted by atomic mass is 15.5. The van der Waals surface area contributed by atoms with Crippen molar-refractivity contribution in [2.45, 2.75) is 0 Å². The molecule has 0 aromatic carbocycles. The van der Waals surface area contributed by atoms with Crippen LogP contribution in [0.3, 0.4) is 0 Å². The smallest absolute Gasteiger partial charge is 0.292 e. The highest BCUT2D eigenvalue weighted by Gasteiger charge is 2.15. The van der Waals surface area contributed by atoms with Crippen molar-refractivity contribution < 1.29 is 0 Å². The van der Waals surface area contributed by atoms with Gasteiger partial charge in [0.1, 0.15) is 0 Å². The van der Waals surface area contributed by atoms with Crippen LogP contribution in [0.2, 0.25) is 0 Å². The van der Waals surface area contributed by atoms with Gasteiger partial charge in [-0.15, -0.1) is 76.5 Å². The van der Waals surface area contributed by atoms with Crippen LogP contribution in [0.5, 0.6) is 0 Å². The van der Waals surface area contributed by atoms with E-state index in [4.69, 9.17) is 17.0 Å². The lowest BCUT2D eigenvalue weighted by Gasteiger charge is -2.00. The molecule has 0 amide bonds. The molecule has 6 aromatic rings. The Bertz CT molecular complexity index is 1970. The number of rotatable bonds is 13. The van der Waals surface area contributed by atoms with E-state index in [1.165, 1.54) is 0 Å². The summed E-state index contributed by atoms with van der Waals surface area (Å²) in [6.07, 6.45) is 0. The highest BCUT2D eigenvalue weighted by molar-refractivity contribution is 5.44. The second kappa shape index (κ2) is 12.6. The van der Waals surface area contributed by atoms with Gasteiger partial charge in [0.15, 0.2) is 6.67 Å². The first kappa shape index (κ1) is 28.3. The summed E-state index contributed by atoms with van der Waals surface area (Å²) in [4.78, 5) is 15.8. The van der Waals surface area contributed by atoms with E-state index in [-0.39, 0.29) is 72.1 Å². The normalized spacial score (nSPS) is 11.4. The van der Waals surface area contributed by atoms with Crippen LogP contribution in [0.1, 0.15) is 0 Å². The molecule has 0 saturated carbocycles. The Hall–Kier alpha value is -7.80. The zero-order valence-electron chi connectivity index (χ0n) is 22.6. The van der Waals surface area contributed by atoms with Gasteiger partial charge in [-0.2, -0.15) is 39.5 Å². The molecule has 0 aliphatic heterocycles. The van der Waals surface area contributed by atoms with Crippen LogP contribution >= 0.6 is 0 Å². The first-order chi connectivity index (χ1) is 22.5. The SMILES string of the molecule is CNNc1nc(Nc2nnc(-n3nc(N=NCN=Nc4nc(Nc5nnc(-n6nc(N=N)nc6N)nn5)n[nH]4)nc3N)nn2)n[nH]1. The van der Waals surface area contributed by atoms with Crippen molar-refractivity contribution in [1.82, 2.24) is 106 Å². The average Bonchev–Trinajstić information content (AvgIpc) is 3.86. The van der Waals surface area contributed by atoms with E-state index in [1.807, 2.05) is 0 Å². The van der Waals surface area contributed by atoms with Crippen molar-refractivity contribution in [1.29, 1.82) is 5.53 Å². The molecular formula is C14H16N32. The Labute approximate surface area is 250 Å². The molecule has 0 fully saturated rings. The quantitative estimate of drug-likeness (QED) is 0.0487. The molecule has 11 N–H and O–H groups in total. The lowest BCUT2D eigenvalue weighted by atomic mass is 10.9. The summed E-state index contributed by atoms with van der Waals surface area (Å²) in [6.45, 7) is -0.219. The number of hydrazine groups is 1. The maximum atomic E-state index is 6.93. The Morgan fingerprint density at radius 1 is 0.696 bits per heavy atom. The predicted molar refractivity (Wildman–Crippen MR) is 145 cm³/mol. The average molecular weight is 633 g/mol. The number of nitrogens with zero attached hydrogens (tertiary/aromatic N) is 23. The van der Waals surface area contributed by atoms with Gasteiger partial charge in [0.2, 0.25) is 17.8 Å². The fourth-order valence-electron chi connectivity index (χ4n) is 3.00. The Morgan fingerprint density at radius 2 is 1.26 bits per heavy atom. The minimum Gasteiger partial charge on any atom is -0.368 e. The highest BCUT2D eigenvalue weighted by Crippen LogP contribution is 2.15. The summed E-state index contributed by atoms with van der Waals surface area (Å²) in [6, 6.07) is 0. The number of H-pyrrole nitrogens is 2. The number of azo groups is 2. The predicted octanol–water partition coefficient (Wildman–Crippen LogP) is -2.07. The maximum Gasteiger partial charge on any atom is 0.292 e. The minimum atomic E-state index is -0.219. The Kier molecular flexibility index (Phi) is 7.76. The third-order valence-corrected chi connectivity index (χ3v) is 4.76. The van der Waals surface area contributed by atoms with Gasteiger partial charge in [-0.3, -0.25) is 16.1 Å². The molecule has 232 valence electrons. The molecule has 46 heavy (non-hydrogen) atoms. The lowest BCUT2D eigenvalue weighted by Crippen LogP contribution is -2.16. The van der Waals surface area contributed by atoms with Crippen LogP contribution in [0.25, 0.3) is 11.9 Å². The van der Waals surface area contributed by atoms with Gasteiger partial charge in [-0.25, -0.2) is 21.2 Å². The van der Waals surface area contributed by atoms with Gasteiger partial charge >= 0.3 is 0 Å². The second-order valence-electron chi connectivity index (χ2n) is 7.76. The van der Waals surface area contributed by atoms with Crippen molar-refractivity contribution in [3.05, 3.63) is 0 Å². The Morgan fingerprint density at radius 3 is 1.87 bits per heavy atom. The molecule has 6 aromatic heterocycles. The molecule has 6 rings (SSSR count). The van der Waals surface area contributed by atoms with Gasteiger partial charge in [0.05, 0.1) is 0 Å². The molecule has 0 atom stereocenters. The van der Waals surface area contributed by atoms with Crippen LogP contribution in [0.15, 0.2) is 25.6 Å². The summed E-state index contributed by atoms with van der Waals surface area (Å²) in [7, 11) is 1.67. The molecule has 0 aliphatic rings. The number of nitrogens with two attached hydrogens (primary N) is 2. The molecule has 32 heteroatoms. The van der Waals surface area contributed by atoms with E-state index in [0.29, 0.717) is 5.95 Å². The van der Waals surface area contributed by atoms with Crippen molar-refractivity contribution >= 4 is 59.5 Å². The number of aromatic amines is 2. The molecule has 0 radical (unpaired) electrons. The molecule has 0 spiro atoms. The maximum absolute atomic E-state index is 6.93. The number of aromatic nitrogens is 20. The molecule has 32 nitrogen and oxygen atoms in total. The largest absolute Gasteiger partial charge is 0.368 e. The summed E-state index contributed by atoms with van der Waals surface area (Å²) in [5.74, 6) is -0.0992. The monoisotopic (exact) mass is 632 g/mol. The first-order valence-corrected chi connectivity index (χ1v) is 12.0. The fourth-order valence-corrected chi connectivity index (χ4v) is 3.00. The van der Waals surface area contributed by atoms with Gasteiger partial charge < -0.3 is 11.5 Å². The van der Waals surface area contributed by atoms with Crippen molar-refractivity contribution in [2.24, 2.45) is 25.6 Å². The zero-order valence-corrected chi connectivity index (χ0v) is 22.6. The van der Waals surface area contributed by atoms with E-state index < -0.39 is 0 Å². The van der Waals surface area contributed by atoms with E-state index in [2.05, 4.69) is 138 Å². The van der Waals surface area contributed by atoms with Crippen molar-refractivity contribution in [2.75, 3.05) is 41.2 Å². The number of nitrogens with one attached hydrogen (secondary N) is 7. The van der Waals surface area contributed by atoms with Crippen LogP contribution in [0, 0.1) is 5.53 Å². The van der Waals surface area contributed by atoms with Crippen LogP contribution < -0.4 is 33.0 Å². The van der Waals surface area contributed by atoms with E-state index in [0.717, 1.165) is 9.36 Å². The first-order valence-electron chi connectivity index (χ1n) is 12.0. The van der Waals surface area contributed by atoms with Gasteiger partial charge in [0, 0.05) is 7.05 Å². The van der Waals surface area contributed by atoms with Crippen LogP contribution in [-0.4, -0.2) is 114 Å². The molecule has 0 saturated heterocycles. The standard InChI is InChI=1S/C14H16N32/c1-18-28-8-23-5(31-33-8)25-10-37-41-14(42-38-10)46-4(16)22-12(44-46)30-20-2-19-29-9-24-6(32-34-9)26-11-35-39-13(40-36-11)45-3(15)21-7(27-17)43-45/h17-18H,2H2,1H3,(H2,15,21,43)(H2,16,22,44)(H2,24,26,32,34,35,36)(H3,23,25,28,31,33,37,38). The van der Waals surface area contributed by atoms with Crippen LogP contribution in [-0.2, 0) is 0 Å². The van der Waals surface area contributed by atoms with E-state index in [9.17, 15) is 0 Å². The second-order valence-corrected chi connectivity index (χ2v) is 7.76. The molecule has 0 aliphatic carbocycles. The number of hydrogen-bond acceptors (Lipinski definition) is 28. The lowest BCUT2D eigenvalue weighted by molar-refractivity contribution is 0.736. The van der Waals surface area contributed by atoms with Crippen LogP contribution in [0.4, 0.5) is 59.5 Å². The minimum absolute atomic E-state index is 0.0150. The third kappa shape index (κ3) is 6.48. The van der Waals surface area contributed by atoms with Crippen molar-refractivity contribution in [3.63, 3.8) is 0 Å². The zero-order chi connectivity index (χ0) is 31.9. The summed E-state index contributed by atoms with van der Waals surface area (Å²) in [5.41, 5.74) is 23.9. The molecular weight excluding hydrogens is 616 g/mol. The van der Waals surface area contributed by atoms with E-state index in [1.54, 1.807) is 7.05 Å². The van der Waals surface area contributed by atoms with Gasteiger partial charge in [-0.05, 0) is 0 Å². The number of hydrogen-bond donors (Lipinski definition) is 9. The number of anilines is 7. The molecule has 0 bridgehead atoms. The fraction of sp³-hybridized carbons (Fsp3) is 0.143. The Balaban J connectivity index is 0.996. The topological polar surface area (TPSA) is 433 Å². The molecule has 6 heterocycles.